The Bertz CT molecular complexity index is 315. The number of rotatable bonds is 6. The molecule has 0 spiro atoms. The average molecular weight is 353 g/mol. The number of halogens is 2. The fourth-order valence-electron chi connectivity index (χ4n) is 1.38. The minimum atomic E-state index is 0.165. The van der Waals surface area contributed by atoms with Gasteiger partial charge in [-0.2, -0.15) is 0 Å². The maximum absolute atomic E-state index is 5.97. The molecule has 16 heavy (non-hydrogen) atoms. The van der Waals surface area contributed by atoms with Crippen molar-refractivity contribution in [3.05, 3.63) is 34.9 Å². The molecule has 0 radical (unpaired) electrons. The molecule has 0 saturated carbocycles. The number of hydrogen-bond acceptors (Lipinski definition) is 1. The van der Waals surface area contributed by atoms with Crippen molar-refractivity contribution in [1.29, 1.82) is 0 Å². The zero-order chi connectivity index (χ0) is 12.0. The summed E-state index contributed by atoms with van der Waals surface area (Å²) in [5, 5.41) is 0.778. The molecule has 0 aliphatic carbocycles. The number of alkyl halides is 1. The molecule has 3 heteroatoms. The molecular weight excluding hydrogens is 334 g/mol. The lowest BCUT2D eigenvalue weighted by molar-refractivity contribution is 0.0633. The molecule has 1 aromatic carbocycles. The zero-order valence-corrected chi connectivity index (χ0v) is 12.7. The van der Waals surface area contributed by atoms with Gasteiger partial charge >= 0.3 is 0 Å². The molecule has 90 valence electrons. The van der Waals surface area contributed by atoms with Crippen LogP contribution in [0.3, 0.4) is 0 Å². The molecule has 1 rings (SSSR count). The maximum Gasteiger partial charge on any atom is 0.0914 e. The molecule has 0 aliphatic rings. The van der Waals surface area contributed by atoms with Crippen molar-refractivity contribution in [3.8, 4) is 0 Å². The average Bonchev–Trinajstić information content (AvgIpc) is 2.24. The first kappa shape index (κ1) is 14.3. The van der Waals surface area contributed by atoms with E-state index in [0.717, 1.165) is 22.5 Å². The predicted molar refractivity (Wildman–Crippen MR) is 78.5 cm³/mol. The van der Waals surface area contributed by atoms with Gasteiger partial charge in [0, 0.05) is 16.1 Å². The summed E-state index contributed by atoms with van der Waals surface area (Å²) >= 11 is 8.33. The van der Waals surface area contributed by atoms with Gasteiger partial charge in [0.2, 0.25) is 0 Å². The van der Waals surface area contributed by atoms with E-state index in [2.05, 4.69) is 42.5 Å². The third kappa shape index (κ3) is 5.02. The van der Waals surface area contributed by atoms with Crippen molar-refractivity contribution in [3.63, 3.8) is 0 Å². The highest BCUT2D eigenvalue weighted by atomic mass is 127. The third-order valence-electron chi connectivity index (χ3n) is 2.37. The van der Waals surface area contributed by atoms with E-state index < -0.39 is 0 Å². The van der Waals surface area contributed by atoms with E-state index in [0.29, 0.717) is 5.92 Å². The molecular formula is C13H18ClIO. The van der Waals surface area contributed by atoms with Crippen LogP contribution in [0.15, 0.2) is 24.3 Å². The lowest BCUT2D eigenvalue weighted by Gasteiger charge is -2.16. The molecule has 0 amide bonds. The van der Waals surface area contributed by atoms with Crippen molar-refractivity contribution in [1.82, 2.24) is 0 Å². The van der Waals surface area contributed by atoms with Gasteiger partial charge in [-0.05, 0) is 30.0 Å². The number of benzene rings is 1. The molecule has 1 atom stereocenters. The van der Waals surface area contributed by atoms with E-state index in [1.54, 1.807) is 0 Å². The Hall–Kier alpha value is 0.200. The fraction of sp³-hybridized carbons (Fsp3) is 0.538. The van der Waals surface area contributed by atoms with E-state index in [9.17, 15) is 0 Å². The first-order chi connectivity index (χ1) is 7.63. The number of ether oxygens (including phenoxy) is 1. The van der Waals surface area contributed by atoms with Gasteiger partial charge in [-0.3, -0.25) is 0 Å². The van der Waals surface area contributed by atoms with Crippen molar-refractivity contribution in [2.24, 2.45) is 5.92 Å². The lowest BCUT2D eigenvalue weighted by Crippen LogP contribution is -2.08. The predicted octanol–water partition coefficient (Wildman–Crippen LogP) is 4.88. The van der Waals surface area contributed by atoms with Crippen LogP contribution in [0.1, 0.15) is 31.9 Å². The van der Waals surface area contributed by atoms with Crippen LogP contribution in [-0.2, 0) is 4.74 Å². The molecule has 0 heterocycles. The topological polar surface area (TPSA) is 9.23 Å². The Kier molecular flexibility index (Phi) is 6.70. The Labute approximate surface area is 117 Å². The largest absolute Gasteiger partial charge is 0.373 e. The van der Waals surface area contributed by atoms with Gasteiger partial charge in [-0.15, -0.1) is 0 Å². The quantitative estimate of drug-likeness (QED) is 0.524. The number of hydrogen-bond donors (Lipinski definition) is 0. The standard InChI is InChI=1S/C13H18ClIO/c1-10(2)6-7-16-13(9-15)11-4-3-5-12(14)8-11/h3-5,8,10,13H,6-7,9H2,1-2H3. The van der Waals surface area contributed by atoms with Crippen molar-refractivity contribution in [2.75, 3.05) is 11.0 Å². The molecule has 0 aromatic heterocycles. The second kappa shape index (κ2) is 7.51. The zero-order valence-electron chi connectivity index (χ0n) is 9.75. The van der Waals surface area contributed by atoms with E-state index >= 15 is 0 Å². The van der Waals surface area contributed by atoms with Crippen LogP contribution in [0.2, 0.25) is 5.02 Å². The fourth-order valence-corrected chi connectivity index (χ4v) is 2.34. The second-order valence-corrected chi connectivity index (χ2v) is 5.57. The second-order valence-electron chi connectivity index (χ2n) is 4.25. The van der Waals surface area contributed by atoms with Crippen LogP contribution in [0.25, 0.3) is 0 Å². The molecule has 0 fully saturated rings. The van der Waals surface area contributed by atoms with Crippen LogP contribution in [0.5, 0.6) is 0 Å². The van der Waals surface area contributed by atoms with Crippen LogP contribution in [0, 0.1) is 5.92 Å². The Morgan fingerprint density at radius 3 is 2.69 bits per heavy atom. The lowest BCUT2D eigenvalue weighted by atomic mass is 10.1. The first-order valence-electron chi connectivity index (χ1n) is 5.56. The molecule has 0 bridgehead atoms. The monoisotopic (exact) mass is 352 g/mol. The summed E-state index contributed by atoms with van der Waals surface area (Å²) in [6.07, 6.45) is 1.27. The van der Waals surface area contributed by atoms with Crippen molar-refractivity contribution < 1.29 is 4.74 Å². The van der Waals surface area contributed by atoms with Gasteiger partial charge in [-0.25, -0.2) is 0 Å². The van der Waals surface area contributed by atoms with Crippen LogP contribution >= 0.6 is 34.2 Å². The summed E-state index contributed by atoms with van der Waals surface area (Å²) in [7, 11) is 0. The SMILES string of the molecule is CC(C)CCOC(CI)c1cccc(Cl)c1. The molecule has 1 unspecified atom stereocenters. The Balaban J connectivity index is 2.53. The third-order valence-corrected chi connectivity index (χ3v) is 3.41. The Morgan fingerprint density at radius 1 is 1.38 bits per heavy atom. The maximum atomic E-state index is 5.97. The van der Waals surface area contributed by atoms with Gasteiger partial charge in [0.05, 0.1) is 6.10 Å². The van der Waals surface area contributed by atoms with Crippen LogP contribution in [-0.4, -0.2) is 11.0 Å². The molecule has 0 saturated heterocycles. The summed E-state index contributed by atoms with van der Waals surface area (Å²) in [5.41, 5.74) is 1.17. The minimum absolute atomic E-state index is 0.165. The highest BCUT2D eigenvalue weighted by molar-refractivity contribution is 14.1. The summed E-state index contributed by atoms with van der Waals surface area (Å²) in [6, 6.07) is 7.93. The smallest absolute Gasteiger partial charge is 0.0914 e. The summed E-state index contributed by atoms with van der Waals surface area (Å²) in [6.45, 7) is 5.24. The summed E-state index contributed by atoms with van der Waals surface area (Å²) < 4.78 is 6.83. The summed E-state index contributed by atoms with van der Waals surface area (Å²) in [5.74, 6) is 0.689. The highest BCUT2D eigenvalue weighted by Gasteiger charge is 2.10. The normalized spacial score (nSPS) is 13.1. The molecule has 0 N–H and O–H groups in total. The van der Waals surface area contributed by atoms with Crippen molar-refractivity contribution >= 4 is 34.2 Å². The van der Waals surface area contributed by atoms with Gasteiger partial charge in [0.1, 0.15) is 0 Å². The van der Waals surface area contributed by atoms with E-state index in [4.69, 9.17) is 16.3 Å². The Morgan fingerprint density at radius 2 is 2.12 bits per heavy atom. The van der Waals surface area contributed by atoms with E-state index in [-0.39, 0.29) is 6.10 Å². The van der Waals surface area contributed by atoms with Gasteiger partial charge in [0.15, 0.2) is 0 Å². The van der Waals surface area contributed by atoms with Gasteiger partial charge in [-0.1, -0.05) is 60.2 Å². The minimum Gasteiger partial charge on any atom is -0.373 e. The molecule has 1 nitrogen and oxygen atoms in total. The first-order valence-corrected chi connectivity index (χ1v) is 7.47. The highest BCUT2D eigenvalue weighted by Crippen LogP contribution is 2.23. The van der Waals surface area contributed by atoms with Crippen LogP contribution < -0.4 is 0 Å². The van der Waals surface area contributed by atoms with Gasteiger partial charge in [0.25, 0.3) is 0 Å². The van der Waals surface area contributed by atoms with Crippen molar-refractivity contribution in [2.45, 2.75) is 26.4 Å². The summed E-state index contributed by atoms with van der Waals surface area (Å²) in [4.78, 5) is 0. The van der Waals surface area contributed by atoms with E-state index in [1.807, 2.05) is 18.2 Å². The molecule has 0 aliphatic heterocycles. The van der Waals surface area contributed by atoms with Gasteiger partial charge < -0.3 is 4.74 Å². The van der Waals surface area contributed by atoms with Crippen LogP contribution in [0.4, 0.5) is 0 Å². The van der Waals surface area contributed by atoms with E-state index in [1.165, 1.54) is 5.56 Å². The molecule has 1 aromatic rings.